The first-order chi connectivity index (χ1) is 7.34. The van der Waals surface area contributed by atoms with Crippen molar-refractivity contribution >= 4 is 0 Å². The van der Waals surface area contributed by atoms with Crippen LogP contribution in [0.3, 0.4) is 0 Å². The highest BCUT2D eigenvalue weighted by atomic mass is 15.1. The first kappa shape index (κ1) is 9.41. The molecule has 0 N–H and O–H groups in total. The third-order valence-corrected chi connectivity index (χ3v) is 4.20. The van der Waals surface area contributed by atoms with E-state index in [0.29, 0.717) is 0 Å². The predicted octanol–water partition coefficient (Wildman–Crippen LogP) is 2.67. The maximum absolute atomic E-state index is 2.49. The summed E-state index contributed by atoms with van der Waals surface area (Å²) in [5.41, 5.74) is 3.24. The molecule has 0 radical (unpaired) electrons. The Morgan fingerprint density at radius 2 is 2.07 bits per heavy atom. The molecule has 1 aliphatic carbocycles. The van der Waals surface area contributed by atoms with E-state index < -0.39 is 0 Å². The van der Waals surface area contributed by atoms with Crippen LogP contribution in [-0.2, 0) is 6.42 Å². The predicted molar refractivity (Wildman–Crippen MR) is 63.1 cm³/mol. The lowest BCUT2D eigenvalue weighted by atomic mass is 9.72. The van der Waals surface area contributed by atoms with E-state index in [1.54, 1.807) is 11.1 Å². The van der Waals surface area contributed by atoms with Crippen molar-refractivity contribution in [2.24, 2.45) is 5.92 Å². The van der Waals surface area contributed by atoms with Crippen LogP contribution in [0.15, 0.2) is 24.3 Å². The number of nitrogens with zero attached hydrogens (tertiary/aromatic N) is 1. The minimum Gasteiger partial charge on any atom is -0.306 e. The third kappa shape index (κ3) is 1.59. The van der Waals surface area contributed by atoms with Gasteiger partial charge in [0.05, 0.1) is 0 Å². The topological polar surface area (TPSA) is 3.24 Å². The SMILES string of the molecule is CN1CC[C@@H]2CCc3ccccc3[C@@H]2C1. The van der Waals surface area contributed by atoms with E-state index in [1.165, 1.54) is 32.4 Å². The minimum absolute atomic E-state index is 0.814. The van der Waals surface area contributed by atoms with Crippen LogP contribution in [0.5, 0.6) is 0 Å². The van der Waals surface area contributed by atoms with Crippen molar-refractivity contribution in [1.29, 1.82) is 0 Å². The molecule has 1 fully saturated rings. The summed E-state index contributed by atoms with van der Waals surface area (Å²) in [6.45, 7) is 2.56. The first-order valence-corrected chi connectivity index (χ1v) is 6.11. The molecular formula is C14H19N. The second-order valence-corrected chi connectivity index (χ2v) is 5.15. The van der Waals surface area contributed by atoms with Crippen LogP contribution >= 0.6 is 0 Å². The summed E-state index contributed by atoms with van der Waals surface area (Å²) in [5, 5.41) is 0. The Morgan fingerprint density at radius 3 is 3.00 bits per heavy atom. The van der Waals surface area contributed by atoms with Gasteiger partial charge >= 0.3 is 0 Å². The molecule has 1 aliphatic heterocycles. The summed E-state index contributed by atoms with van der Waals surface area (Å²) in [4.78, 5) is 2.49. The standard InChI is InChI=1S/C14H19N/c1-15-9-8-12-7-6-11-4-2-3-5-13(11)14(12)10-15/h2-5,12,14H,6-10H2,1H3/t12-,14+/m0/s1. The first-order valence-electron chi connectivity index (χ1n) is 6.11. The number of hydrogen-bond donors (Lipinski definition) is 0. The van der Waals surface area contributed by atoms with Gasteiger partial charge in [-0.3, -0.25) is 0 Å². The van der Waals surface area contributed by atoms with Crippen LogP contribution in [0.25, 0.3) is 0 Å². The van der Waals surface area contributed by atoms with E-state index in [4.69, 9.17) is 0 Å². The Labute approximate surface area is 92.1 Å². The van der Waals surface area contributed by atoms with Crippen molar-refractivity contribution in [1.82, 2.24) is 4.90 Å². The van der Waals surface area contributed by atoms with Gasteiger partial charge in [0.2, 0.25) is 0 Å². The Bertz CT molecular complexity index is 358. The van der Waals surface area contributed by atoms with E-state index in [-0.39, 0.29) is 0 Å². The molecule has 0 unspecified atom stereocenters. The van der Waals surface area contributed by atoms with Crippen LogP contribution in [0.2, 0.25) is 0 Å². The molecule has 1 nitrogen and oxygen atoms in total. The summed E-state index contributed by atoms with van der Waals surface area (Å²) in [6, 6.07) is 9.06. The molecule has 0 saturated carbocycles. The molecule has 1 aromatic carbocycles. The van der Waals surface area contributed by atoms with Gasteiger partial charge in [0.25, 0.3) is 0 Å². The molecule has 0 bridgehead atoms. The Hall–Kier alpha value is -0.820. The number of aryl methyl sites for hydroxylation is 1. The van der Waals surface area contributed by atoms with E-state index in [0.717, 1.165) is 11.8 Å². The smallest absolute Gasteiger partial charge is 0.00500 e. The highest BCUT2D eigenvalue weighted by Gasteiger charge is 2.32. The molecular weight excluding hydrogens is 182 g/mol. The maximum atomic E-state index is 2.49. The van der Waals surface area contributed by atoms with Crippen molar-refractivity contribution in [2.45, 2.75) is 25.2 Å². The number of fused-ring (bicyclic) bond motifs is 3. The van der Waals surface area contributed by atoms with Crippen molar-refractivity contribution < 1.29 is 0 Å². The van der Waals surface area contributed by atoms with E-state index in [9.17, 15) is 0 Å². The molecule has 1 saturated heterocycles. The Kier molecular flexibility index (Phi) is 2.28. The van der Waals surface area contributed by atoms with Crippen molar-refractivity contribution in [3.8, 4) is 0 Å². The van der Waals surface area contributed by atoms with Crippen molar-refractivity contribution in [3.05, 3.63) is 35.4 Å². The monoisotopic (exact) mass is 201 g/mol. The fourth-order valence-corrected chi connectivity index (χ4v) is 3.33. The highest BCUT2D eigenvalue weighted by Crippen LogP contribution is 2.40. The second kappa shape index (κ2) is 3.64. The summed E-state index contributed by atoms with van der Waals surface area (Å²) in [6.07, 6.45) is 4.12. The zero-order valence-corrected chi connectivity index (χ0v) is 9.45. The summed E-state index contributed by atoms with van der Waals surface area (Å²) in [7, 11) is 2.26. The molecule has 3 rings (SSSR count). The van der Waals surface area contributed by atoms with Gasteiger partial charge in [-0.2, -0.15) is 0 Å². The molecule has 0 amide bonds. The van der Waals surface area contributed by atoms with E-state index in [2.05, 4.69) is 36.2 Å². The fraction of sp³-hybridized carbons (Fsp3) is 0.571. The number of likely N-dealkylation sites (N-methyl/N-ethyl adjacent to an activating group) is 1. The zero-order chi connectivity index (χ0) is 10.3. The van der Waals surface area contributed by atoms with Gasteiger partial charge in [0.15, 0.2) is 0 Å². The van der Waals surface area contributed by atoms with Crippen LogP contribution in [0, 0.1) is 5.92 Å². The average molecular weight is 201 g/mol. The fourth-order valence-electron chi connectivity index (χ4n) is 3.33. The average Bonchev–Trinajstić information content (AvgIpc) is 2.29. The number of likely N-dealkylation sites (tertiary alicyclic amines) is 1. The number of piperidine rings is 1. The zero-order valence-electron chi connectivity index (χ0n) is 9.45. The van der Waals surface area contributed by atoms with Gasteiger partial charge in [-0.15, -0.1) is 0 Å². The van der Waals surface area contributed by atoms with Crippen LogP contribution in [-0.4, -0.2) is 25.0 Å². The van der Waals surface area contributed by atoms with E-state index in [1.807, 2.05) is 0 Å². The van der Waals surface area contributed by atoms with Gasteiger partial charge < -0.3 is 4.90 Å². The molecule has 15 heavy (non-hydrogen) atoms. The number of hydrogen-bond acceptors (Lipinski definition) is 1. The van der Waals surface area contributed by atoms with Crippen molar-refractivity contribution in [2.75, 3.05) is 20.1 Å². The molecule has 2 atom stereocenters. The molecule has 2 aliphatic rings. The van der Waals surface area contributed by atoms with Gasteiger partial charge in [-0.1, -0.05) is 24.3 Å². The Balaban J connectivity index is 1.96. The molecule has 1 aromatic rings. The highest BCUT2D eigenvalue weighted by molar-refractivity contribution is 5.34. The second-order valence-electron chi connectivity index (χ2n) is 5.15. The largest absolute Gasteiger partial charge is 0.306 e. The number of rotatable bonds is 0. The van der Waals surface area contributed by atoms with Gasteiger partial charge in [0, 0.05) is 6.54 Å². The minimum atomic E-state index is 0.814. The lowest BCUT2D eigenvalue weighted by Crippen LogP contribution is -2.38. The molecule has 80 valence electrons. The van der Waals surface area contributed by atoms with E-state index >= 15 is 0 Å². The van der Waals surface area contributed by atoms with Crippen molar-refractivity contribution in [3.63, 3.8) is 0 Å². The number of benzene rings is 1. The Morgan fingerprint density at radius 1 is 1.20 bits per heavy atom. The molecule has 1 heteroatoms. The quantitative estimate of drug-likeness (QED) is 0.624. The lowest BCUT2D eigenvalue weighted by Gasteiger charge is -2.41. The normalized spacial score (nSPS) is 30.7. The summed E-state index contributed by atoms with van der Waals surface area (Å²) in [5.74, 6) is 1.77. The van der Waals surface area contributed by atoms with Gasteiger partial charge in [-0.05, 0) is 55.8 Å². The van der Waals surface area contributed by atoms with Gasteiger partial charge in [0.1, 0.15) is 0 Å². The molecule has 0 aromatic heterocycles. The third-order valence-electron chi connectivity index (χ3n) is 4.20. The molecule has 1 heterocycles. The van der Waals surface area contributed by atoms with Crippen LogP contribution < -0.4 is 0 Å². The van der Waals surface area contributed by atoms with Gasteiger partial charge in [-0.25, -0.2) is 0 Å². The van der Waals surface area contributed by atoms with Crippen LogP contribution in [0.4, 0.5) is 0 Å². The molecule has 0 spiro atoms. The maximum Gasteiger partial charge on any atom is 0.00500 e. The van der Waals surface area contributed by atoms with Crippen LogP contribution in [0.1, 0.15) is 29.9 Å². The summed E-state index contributed by atoms with van der Waals surface area (Å²) >= 11 is 0. The summed E-state index contributed by atoms with van der Waals surface area (Å²) < 4.78 is 0. The lowest BCUT2D eigenvalue weighted by molar-refractivity contribution is 0.174.